The van der Waals surface area contributed by atoms with Gasteiger partial charge in [-0.05, 0) is 12.1 Å². The Labute approximate surface area is 120 Å². The molecule has 1 aliphatic rings. The van der Waals surface area contributed by atoms with Crippen LogP contribution in [0.5, 0.6) is 0 Å². The topological polar surface area (TPSA) is 92.5 Å². The number of carbonyl (C=O) groups is 3. The molecule has 0 spiro atoms. The molecule has 0 radical (unpaired) electrons. The fraction of sp³-hybridized carbons (Fsp3) is 0.214. The Balaban J connectivity index is 1.90. The maximum atomic E-state index is 13.1. The van der Waals surface area contributed by atoms with Crippen LogP contribution in [0.3, 0.4) is 0 Å². The van der Waals surface area contributed by atoms with Gasteiger partial charge in [0.15, 0.2) is 5.83 Å². The number of para-hydroxylation sites is 1. The van der Waals surface area contributed by atoms with E-state index in [-0.39, 0.29) is 19.0 Å². The van der Waals surface area contributed by atoms with Gasteiger partial charge >= 0.3 is 0 Å². The van der Waals surface area contributed by atoms with Crippen molar-refractivity contribution in [2.24, 2.45) is 0 Å². The molecule has 2 rings (SSSR count). The summed E-state index contributed by atoms with van der Waals surface area (Å²) in [7, 11) is 0. The van der Waals surface area contributed by atoms with Gasteiger partial charge in [0.1, 0.15) is 0 Å². The van der Waals surface area contributed by atoms with Crippen molar-refractivity contribution in [3.63, 3.8) is 0 Å². The van der Waals surface area contributed by atoms with Crippen LogP contribution < -0.4 is 11.1 Å². The van der Waals surface area contributed by atoms with E-state index in [1.807, 2.05) is 0 Å². The Hall–Kier alpha value is -2.70. The quantitative estimate of drug-likeness (QED) is 0.628. The number of hydrogen-bond donors (Lipinski definition) is 2. The molecule has 0 aliphatic carbocycles. The maximum Gasteiger partial charge on any atom is 0.253 e. The highest BCUT2D eigenvalue weighted by Gasteiger charge is 2.25. The minimum Gasteiger partial charge on any atom is -0.398 e. The summed E-state index contributed by atoms with van der Waals surface area (Å²) >= 11 is 0. The lowest BCUT2D eigenvalue weighted by atomic mass is 10.1. The van der Waals surface area contributed by atoms with Crippen molar-refractivity contribution in [1.82, 2.24) is 10.2 Å². The fourth-order valence-corrected chi connectivity index (χ4v) is 1.88. The average Bonchev–Trinajstić information content (AvgIpc) is 2.44. The molecule has 7 heteroatoms. The van der Waals surface area contributed by atoms with E-state index >= 15 is 0 Å². The monoisotopic (exact) mass is 291 g/mol. The molecule has 6 nitrogen and oxygen atoms in total. The highest BCUT2D eigenvalue weighted by Crippen LogP contribution is 2.13. The van der Waals surface area contributed by atoms with Crippen LogP contribution in [-0.2, 0) is 9.59 Å². The molecule has 21 heavy (non-hydrogen) atoms. The smallest absolute Gasteiger partial charge is 0.253 e. The molecule has 1 aromatic carbocycles. The first-order valence-electron chi connectivity index (χ1n) is 6.31. The zero-order valence-corrected chi connectivity index (χ0v) is 11.1. The minimum absolute atomic E-state index is 0.0814. The highest BCUT2D eigenvalue weighted by molar-refractivity contribution is 6.08. The van der Waals surface area contributed by atoms with Crippen LogP contribution >= 0.6 is 0 Å². The van der Waals surface area contributed by atoms with Crippen LogP contribution in [0.15, 0.2) is 36.3 Å². The third-order valence-electron chi connectivity index (χ3n) is 3.01. The second-order valence-corrected chi connectivity index (χ2v) is 4.51. The fourth-order valence-electron chi connectivity index (χ4n) is 1.88. The molecule has 1 aromatic rings. The zero-order chi connectivity index (χ0) is 15.4. The number of Topliss-reactive ketones (excluding diaryl/α,β-unsaturated/α-hetero) is 1. The Morgan fingerprint density at radius 2 is 2.05 bits per heavy atom. The summed E-state index contributed by atoms with van der Waals surface area (Å²) in [6.07, 6.45) is 0.374. The van der Waals surface area contributed by atoms with Gasteiger partial charge in [0.05, 0.1) is 12.0 Å². The van der Waals surface area contributed by atoms with Crippen molar-refractivity contribution in [2.45, 2.75) is 6.42 Å². The number of carbonyl (C=O) groups excluding carboxylic acids is 3. The van der Waals surface area contributed by atoms with E-state index in [0.29, 0.717) is 11.3 Å². The van der Waals surface area contributed by atoms with Crippen LogP contribution in [-0.4, -0.2) is 35.6 Å². The third kappa shape index (κ3) is 3.44. The van der Waals surface area contributed by atoms with Gasteiger partial charge in [-0.15, -0.1) is 0 Å². The summed E-state index contributed by atoms with van der Waals surface area (Å²) in [6.45, 7) is 0.203. The minimum atomic E-state index is -0.951. The SMILES string of the molecule is Nc1ccccc1C(=O)NCCN1C=C(F)C(=O)CC1=O. The lowest BCUT2D eigenvalue weighted by Crippen LogP contribution is -2.38. The molecule has 0 unspecified atom stereocenters. The number of nitrogens with two attached hydrogens (primary N) is 1. The number of rotatable bonds is 4. The number of nitrogens with zero attached hydrogens (tertiary/aromatic N) is 1. The first-order valence-corrected chi connectivity index (χ1v) is 6.31. The molecule has 3 N–H and O–H groups in total. The predicted molar refractivity (Wildman–Crippen MR) is 73.7 cm³/mol. The molecule has 1 aliphatic heterocycles. The summed E-state index contributed by atoms with van der Waals surface area (Å²) in [4.78, 5) is 35.4. The number of allylic oxidation sites excluding steroid dienone is 1. The lowest BCUT2D eigenvalue weighted by Gasteiger charge is -2.21. The van der Waals surface area contributed by atoms with Gasteiger partial charge in [0.2, 0.25) is 11.7 Å². The summed E-state index contributed by atoms with van der Waals surface area (Å²) < 4.78 is 13.1. The number of amides is 2. The Kier molecular flexibility index (Phi) is 4.32. The van der Waals surface area contributed by atoms with Crippen molar-refractivity contribution in [1.29, 1.82) is 0 Å². The van der Waals surface area contributed by atoms with Gasteiger partial charge in [-0.25, -0.2) is 4.39 Å². The largest absolute Gasteiger partial charge is 0.398 e. The number of anilines is 1. The summed E-state index contributed by atoms with van der Waals surface area (Å²) in [5.74, 6) is -2.64. The molecule has 0 saturated carbocycles. The van der Waals surface area contributed by atoms with Crippen LogP contribution in [0.25, 0.3) is 0 Å². The predicted octanol–water partition coefficient (Wildman–Crippen LogP) is 0.611. The molecule has 2 amide bonds. The molecule has 0 atom stereocenters. The van der Waals surface area contributed by atoms with Crippen molar-refractivity contribution in [3.05, 3.63) is 41.9 Å². The normalized spacial score (nSPS) is 14.9. The number of nitrogens with one attached hydrogen (secondary N) is 1. The number of benzene rings is 1. The summed E-state index contributed by atoms with van der Waals surface area (Å²) in [5, 5.41) is 2.58. The van der Waals surface area contributed by atoms with Gasteiger partial charge in [0, 0.05) is 25.0 Å². The lowest BCUT2D eigenvalue weighted by molar-refractivity contribution is -0.134. The molecule has 0 fully saturated rings. The first kappa shape index (κ1) is 14.7. The molecular weight excluding hydrogens is 277 g/mol. The van der Waals surface area contributed by atoms with Gasteiger partial charge in [0.25, 0.3) is 5.91 Å². The molecular formula is C14H14FN3O3. The van der Waals surface area contributed by atoms with Crippen molar-refractivity contribution >= 4 is 23.3 Å². The van der Waals surface area contributed by atoms with Crippen molar-refractivity contribution < 1.29 is 18.8 Å². The number of halogens is 1. The third-order valence-corrected chi connectivity index (χ3v) is 3.01. The molecule has 0 aromatic heterocycles. The number of nitrogen functional groups attached to an aromatic ring is 1. The highest BCUT2D eigenvalue weighted by atomic mass is 19.1. The Bertz CT molecular complexity index is 628. The second-order valence-electron chi connectivity index (χ2n) is 4.51. The second kappa shape index (κ2) is 6.17. The van der Waals surface area contributed by atoms with E-state index in [9.17, 15) is 18.8 Å². The van der Waals surface area contributed by atoms with Gasteiger partial charge < -0.3 is 16.0 Å². The number of ketones is 1. The van der Waals surface area contributed by atoms with Gasteiger partial charge in [-0.1, -0.05) is 12.1 Å². The van der Waals surface area contributed by atoms with Crippen molar-refractivity contribution in [2.75, 3.05) is 18.8 Å². The van der Waals surface area contributed by atoms with Crippen LogP contribution in [0.1, 0.15) is 16.8 Å². The standard InChI is InChI=1S/C14H14FN3O3/c15-10-8-18(13(20)7-12(10)19)6-5-17-14(21)9-3-1-2-4-11(9)16/h1-4,8H,5-7,16H2,(H,17,21). The molecule has 0 saturated heterocycles. The first-order chi connectivity index (χ1) is 9.99. The van der Waals surface area contributed by atoms with Crippen molar-refractivity contribution in [3.8, 4) is 0 Å². The van der Waals surface area contributed by atoms with E-state index in [1.54, 1.807) is 24.3 Å². The van der Waals surface area contributed by atoms with Crippen LogP contribution in [0, 0.1) is 0 Å². The van der Waals surface area contributed by atoms with Gasteiger partial charge in [-0.3, -0.25) is 14.4 Å². The average molecular weight is 291 g/mol. The van der Waals surface area contributed by atoms with Gasteiger partial charge in [-0.2, -0.15) is 0 Å². The van der Waals surface area contributed by atoms with Crippen LogP contribution in [0.4, 0.5) is 10.1 Å². The Morgan fingerprint density at radius 3 is 2.76 bits per heavy atom. The summed E-state index contributed by atoms with van der Waals surface area (Å²) in [5.41, 5.74) is 6.35. The van der Waals surface area contributed by atoms with E-state index < -0.39 is 23.9 Å². The Morgan fingerprint density at radius 1 is 1.33 bits per heavy atom. The van der Waals surface area contributed by atoms with E-state index in [4.69, 9.17) is 5.73 Å². The molecule has 1 heterocycles. The van der Waals surface area contributed by atoms with E-state index in [2.05, 4.69) is 5.32 Å². The maximum absolute atomic E-state index is 13.1. The van der Waals surface area contributed by atoms with Crippen LogP contribution in [0.2, 0.25) is 0 Å². The molecule has 110 valence electrons. The van der Waals surface area contributed by atoms with E-state index in [1.165, 1.54) is 0 Å². The zero-order valence-electron chi connectivity index (χ0n) is 11.1. The van der Waals surface area contributed by atoms with E-state index in [0.717, 1.165) is 11.1 Å². The summed E-state index contributed by atoms with van der Waals surface area (Å²) in [6, 6.07) is 6.58. The molecule has 0 bridgehead atoms. The number of hydrogen-bond acceptors (Lipinski definition) is 4.